The smallest absolute Gasteiger partial charge is 0.315 e. The average Bonchev–Trinajstić information content (AvgIpc) is 2.58. The predicted octanol–water partition coefficient (Wildman–Crippen LogP) is -0.0497. The van der Waals surface area contributed by atoms with Gasteiger partial charge in [-0.05, 0) is 19.8 Å². The second-order valence-electron chi connectivity index (χ2n) is 5.15. The van der Waals surface area contributed by atoms with Crippen molar-refractivity contribution in [2.75, 3.05) is 6.54 Å². The lowest BCUT2D eigenvalue weighted by Gasteiger charge is -2.23. The molecule has 1 radical (unpaired) electrons. The molecule has 2 amide bonds. The van der Waals surface area contributed by atoms with E-state index in [1.165, 1.54) is 12.3 Å². The average molecular weight is 326 g/mol. The predicted molar refractivity (Wildman–Crippen MR) is 78.4 cm³/mol. The van der Waals surface area contributed by atoms with Crippen LogP contribution < -0.4 is 5.73 Å². The third kappa shape index (κ3) is 2.94. The fourth-order valence-electron chi connectivity index (χ4n) is 2.39. The maximum absolute atomic E-state index is 12.5. The quantitative estimate of drug-likeness (QED) is 0.722. The number of carbonyl (C=O) groups is 3. The molecule has 1 atom stereocenters. The van der Waals surface area contributed by atoms with Gasteiger partial charge in [0.05, 0.1) is 6.54 Å². The summed E-state index contributed by atoms with van der Waals surface area (Å²) in [5.41, 5.74) is 5.20. The van der Waals surface area contributed by atoms with Crippen molar-refractivity contribution in [1.82, 2.24) is 4.90 Å². The number of primary amides is 1. The number of aliphatic imine (C=N–C) groups is 1. The number of urea groups is 1. The third-order valence-electron chi connectivity index (χ3n) is 3.65. The molecule has 0 unspecified atom stereocenters. The van der Waals surface area contributed by atoms with Crippen LogP contribution in [0, 0.1) is 5.25 Å². The summed E-state index contributed by atoms with van der Waals surface area (Å²) in [5.74, 6) is -1.37. The lowest BCUT2D eigenvalue weighted by atomic mass is 10.1. The lowest BCUT2D eigenvalue weighted by molar-refractivity contribution is -0.116. The van der Waals surface area contributed by atoms with E-state index >= 15 is 0 Å². The fraction of sp³-hybridized carbons (Fsp3) is 0.462. The molecule has 2 aliphatic heterocycles. The number of hydrogen-bond donors (Lipinski definition) is 1. The summed E-state index contributed by atoms with van der Waals surface area (Å²) in [5, 5.41) is -0.996. The molecule has 0 saturated carbocycles. The van der Waals surface area contributed by atoms with Gasteiger partial charge < -0.3 is 10.6 Å². The maximum Gasteiger partial charge on any atom is 0.315 e. The Morgan fingerprint density at radius 2 is 2.05 bits per heavy atom. The van der Waals surface area contributed by atoms with E-state index in [-0.39, 0.29) is 30.6 Å². The highest BCUT2D eigenvalue weighted by molar-refractivity contribution is 8.11. The number of rotatable bonds is 1. The van der Waals surface area contributed by atoms with Crippen molar-refractivity contribution >= 4 is 32.5 Å². The van der Waals surface area contributed by atoms with Crippen molar-refractivity contribution in [3.05, 3.63) is 17.5 Å². The SMILES string of the molecule is C[C@@H]1CC[C](S(=O)(=O)C2=NC=CCC2=O)C(=O)CN1C(N)=O. The number of ketones is 2. The molecule has 0 aromatic carbocycles. The Kier molecular flexibility index (Phi) is 4.45. The number of carbonyl (C=O) groups excluding carboxylic acids is 3. The van der Waals surface area contributed by atoms with E-state index in [9.17, 15) is 22.8 Å². The molecule has 0 spiro atoms. The summed E-state index contributed by atoms with van der Waals surface area (Å²) in [4.78, 5) is 40.0. The van der Waals surface area contributed by atoms with E-state index < -0.39 is 39.0 Å². The molecule has 2 aliphatic rings. The second-order valence-corrected chi connectivity index (χ2v) is 7.04. The van der Waals surface area contributed by atoms with Crippen molar-refractivity contribution < 1.29 is 22.8 Å². The highest BCUT2D eigenvalue weighted by atomic mass is 32.2. The van der Waals surface area contributed by atoms with Crippen molar-refractivity contribution in [1.29, 1.82) is 0 Å². The van der Waals surface area contributed by atoms with Crippen molar-refractivity contribution in [3.8, 4) is 0 Å². The first-order valence-electron chi connectivity index (χ1n) is 6.71. The van der Waals surface area contributed by atoms with Gasteiger partial charge in [-0.15, -0.1) is 0 Å². The third-order valence-corrected chi connectivity index (χ3v) is 5.57. The standard InChI is InChI=1S/C13H16N3O5S/c1-8-4-5-11(10(18)7-16(8)13(14)19)22(20,21)12-9(17)3-2-6-15-12/h2,6,8H,3-5,7H2,1H3,(H2,14,19)/t8-/m1/s1. The van der Waals surface area contributed by atoms with Crippen LogP contribution in [0.25, 0.3) is 0 Å². The zero-order valence-electron chi connectivity index (χ0n) is 12.0. The molecule has 2 N–H and O–H groups in total. The molecule has 2 heterocycles. The van der Waals surface area contributed by atoms with Crippen LogP contribution in [0.2, 0.25) is 0 Å². The number of likely N-dealkylation sites (tertiary alicyclic amines) is 1. The minimum atomic E-state index is -4.24. The molecule has 8 nitrogen and oxygen atoms in total. The monoisotopic (exact) mass is 326 g/mol. The van der Waals surface area contributed by atoms with E-state index in [2.05, 4.69) is 4.99 Å². The zero-order valence-corrected chi connectivity index (χ0v) is 12.8. The van der Waals surface area contributed by atoms with Crippen LogP contribution in [0.3, 0.4) is 0 Å². The zero-order chi connectivity index (χ0) is 16.5. The Morgan fingerprint density at radius 1 is 1.36 bits per heavy atom. The second kappa shape index (κ2) is 5.99. The summed E-state index contributed by atoms with van der Waals surface area (Å²) in [6.07, 6.45) is 2.82. The Labute approximate surface area is 128 Å². The van der Waals surface area contributed by atoms with Crippen LogP contribution in [-0.2, 0) is 19.4 Å². The fourth-order valence-corrected chi connectivity index (χ4v) is 3.96. The first-order valence-corrected chi connectivity index (χ1v) is 8.19. The summed E-state index contributed by atoms with van der Waals surface area (Å²) < 4.78 is 25.0. The van der Waals surface area contributed by atoms with Crippen molar-refractivity contribution in [3.63, 3.8) is 0 Å². The minimum Gasteiger partial charge on any atom is -0.351 e. The van der Waals surface area contributed by atoms with Crippen LogP contribution in [0.15, 0.2) is 17.3 Å². The Hall–Kier alpha value is -2.03. The van der Waals surface area contributed by atoms with E-state index in [4.69, 9.17) is 5.73 Å². The molecular weight excluding hydrogens is 310 g/mol. The summed E-state index contributed by atoms with van der Waals surface area (Å²) >= 11 is 0. The number of nitrogens with two attached hydrogens (primary N) is 1. The number of allylic oxidation sites excluding steroid dienone is 1. The van der Waals surface area contributed by atoms with Gasteiger partial charge >= 0.3 is 6.03 Å². The van der Waals surface area contributed by atoms with E-state index in [1.54, 1.807) is 6.92 Å². The number of hydrogen-bond acceptors (Lipinski definition) is 6. The molecule has 1 saturated heterocycles. The van der Waals surface area contributed by atoms with Crippen LogP contribution in [0.5, 0.6) is 0 Å². The van der Waals surface area contributed by atoms with Crippen LogP contribution in [0.4, 0.5) is 4.79 Å². The van der Waals surface area contributed by atoms with Gasteiger partial charge in [0.2, 0.25) is 9.84 Å². The van der Waals surface area contributed by atoms with Crippen molar-refractivity contribution in [2.24, 2.45) is 10.7 Å². The minimum absolute atomic E-state index is 0.0534. The lowest BCUT2D eigenvalue weighted by Crippen LogP contribution is -2.44. The first kappa shape index (κ1) is 16.3. The number of Topliss-reactive ketones (excluding diaryl/α,β-unsaturated/α-hetero) is 2. The Balaban J connectivity index is 2.34. The Morgan fingerprint density at radius 3 is 2.64 bits per heavy atom. The largest absolute Gasteiger partial charge is 0.351 e. The molecule has 0 aromatic rings. The molecule has 0 aliphatic carbocycles. The molecule has 2 rings (SSSR count). The van der Waals surface area contributed by atoms with Gasteiger partial charge in [0.1, 0.15) is 0 Å². The maximum atomic E-state index is 12.5. The molecular formula is C13H16N3O5S. The van der Waals surface area contributed by atoms with Crippen molar-refractivity contribution in [2.45, 2.75) is 32.2 Å². The van der Waals surface area contributed by atoms with Gasteiger partial charge in [-0.3, -0.25) is 9.59 Å². The topological polar surface area (TPSA) is 127 Å². The summed E-state index contributed by atoms with van der Waals surface area (Å²) in [6, 6.07) is -1.15. The molecule has 1 fully saturated rings. The highest BCUT2D eigenvalue weighted by Gasteiger charge is 2.43. The molecule has 0 bridgehead atoms. The van der Waals surface area contributed by atoms with E-state index in [0.29, 0.717) is 0 Å². The number of amides is 2. The van der Waals surface area contributed by atoms with Gasteiger partial charge in [-0.25, -0.2) is 18.2 Å². The number of nitrogens with zero attached hydrogens (tertiary/aromatic N) is 2. The Bertz CT molecular complexity index is 680. The van der Waals surface area contributed by atoms with Crippen LogP contribution >= 0.6 is 0 Å². The van der Waals surface area contributed by atoms with Crippen LogP contribution in [0.1, 0.15) is 26.2 Å². The molecule has 9 heteroatoms. The highest BCUT2D eigenvalue weighted by Crippen LogP contribution is 2.28. The van der Waals surface area contributed by atoms with Gasteiger partial charge in [0.15, 0.2) is 21.9 Å². The summed E-state index contributed by atoms with van der Waals surface area (Å²) in [6.45, 7) is 1.27. The van der Waals surface area contributed by atoms with Gasteiger partial charge in [0, 0.05) is 18.7 Å². The first-order chi connectivity index (χ1) is 10.2. The van der Waals surface area contributed by atoms with Gasteiger partial charge in [-0.1, -0.05) is 6.08 Å². The normalized spacial score (nSPS) is 24.1. The molecule has 22 heavy (non-hydrogen) atoms. The summed E-state index contributed by atoms with van der Waals surface area (Å²) in [7, 11) is -4.24. The van der Waals surface area contributed by atoms with Crippen LogP contribution in [-0.4, -0.2) is 48.5 Å². The van der Waals surface area contributed by atoms with Gasteiger partial charge in [-0.2, -0.15) is 0 Å². The molecule has 0 aromatic heterocycles. The van der Waals surface area contributed by atoms with Gasteiger partial charge in [0.25, 0.3) is 0 Å². The number of sulfone groups is 1. The van der Waals surface area contributed by atoms with E-state index in [1.807, 2.05) is 0 Å². The van der Waals surface area contributed by atoms with E-state index in [0.717, 1.165) is 4.90 Å². The molecule has 119 valence electrons.